The largest absolute Gasteiger partial charge is 0.326 e. The molecule has 0 aromatic carbocycles. The molecule has 2 fully saturated rings. The molecule has 1 saturated carbocycles. The maximum absolute atomic E-state index is 5.80. The fourth-order valence-corrected chi connectivity index (χ4v) is 1.90. The Labute approximate surface area is 62.4 Å². The number of nitrogens with two attached hydrogens (primary N) is 1. The first-order valence-corrected chi connectivity index (χ1v) is 4.36. The molecule has 0 radical (unpaired) electrons. The molecule has 1 atom stereocenters. The summed E-state index contributed by atoms with van der Waals surface area (Å²) in [5.41, 5.74) is 5.80. The number of nitrogens with zero attached hydrogens (tertiary/aromatic N) is 1. The van der Waals surface area contributed by atoms with E-state index in [1.165, 1.54) is 32.2 Å². The molecular formula is C8H16N2. The first-order chi connectivity index (χ1) is 4.86. The Hall–Kier alpha value is -0.0800. The molecule has 0 bridgehead atoms. The van der Waals surface area contributed by atoms with Crippen molar-refractivity contribution in [3.8, 4) is 0 Å². The number of rotatable bonds is 1. The van der Waals surface area contributed by atoms with E-state index in [1.807, 2.05) is 0 Å². The van der Waals surface area contributed by atoms with Crippen molar-refractivity contribution in [1.29, 1.82) is 0 Å². The average molecular weight is 140 g/mol. The third-order valence-corrected chi connectivity index (χ3v) is 2.85. The molecule has 0 aromatic rings. The van der Waals surface area contributed by atoms with Crippen LogP contribution in [-0.4, -0.2) is 30.1 Å². The van der Waals surface area contributed by atoms with Crippen LogP contribution in [0, 0.1) is 0 Å². The Balaban J connectivity index is 1.82. The summed E-state index contributed by atoms with van der Waals surface area (Å²) < 4.78 is 0. The monoisotopic (exact) mass is 140 g/mol. The van der Waals surface area contributed by atoms with Crippen molar-refractivity contribution in [2.45, 2.75) is 37.8 Å². The zero-order valence-corrected chi connectivity index (χ0v) is 6.42. The summed E-state index contributed by atoms with van der Waals surface area (Å²) in [5, 5.41) is 0. The molecule has 10 heavy (non-hydrogen) atoms. The van der Waals surface area contributed by atoms with Crippen LogP contribution >= 0.6 is 0 Å². The fraction of sp³-hybridized carbons (Fsp3) is 1.00. The van der Waals surface area contributed by atoms with Gasteiger partial charge >= 0.3 is 0 Å². The van der Waals surface area contributed by atoms with E-state index in [2.05, 4.69) is 4.90 Å². The molecule has 0 amide bonds. The maximum Gasteiger partial charge on any atom is 0.0180 e. The van der Waals surface area contributed by atoms with Gasteiger partial charge < -0.3 is 5.73 Å². The molecular weight excluding hydrogens is 124 g/mol. The second-order valence-electron chi connectivity index (χ2n) is 3.63. The van der Waals surface area contributed by atoms with E-state index in [1.54, 1.807) is 0 Å². The van der Waals surface area contributed by atoms with Gasteiger partial charge in [-0.3, -0.25) is 4.90 Å². The Morgan fingerprint density at radius 3 is 2.40 bits per heavy atom. The Kier molecular flexibility index (Phi) is 1.66. The molecule has 0 aromatic heterocycles. The van der Waals surface area contributed by atoms with E-state index in [0.29, 0.717) is 6.04 Å². The van der Waals surface area contributed by atoms with Crippen LogP contribution in [-0.2, 0) is 0 Å². The normalized spacial score (nSPS) is 36.3. The Bertz CT molecular complexity index is 120. The summed E-state index contributed by atoms with van der Waals surface area (Å²) in [6.45, 7) is 2.41. The highest BCUT2D eigenvalue weighted by Crippen LogP contribution is 2.27. The van der Waals surface area contributed by atoms with Crippen molar-refractivity contribution >= 4 is 0 Å². The molecule has 0 spiro atoms. The molecule has 1 heterocycles. The highest BCUT2D eigenvalue weighted by atomic mass is 15.2. The van der Waals surface area contributed by atoms with Gasteiger partial charge in [-0.1, -0.05) is 6.42 Å². The lowest BCUT2D eigenvalue weighted by molar-refractivity contribution is 0.157. The van der Waals surface area contributed by atoms with Crippen LogP contribution in [0.5, 0.6) is 0 Å². The average Bonchev–Trinajstić information content (AvgIpc) is 2.10. The van der Waals surface area contributed by atoms with Crippen LogP contribution in [0.3, 0.4) is 0 Å². The van der Waals surface area contributed by atoms with Gasteiger partial charge in [-0.15, -0.1) is 0 Å². The van der Waals surface area contributed by atoms with Crippen LogP contribution in [0.2, 0.25) is 0 Å². The molecule has 0 unspecified atom stereocenters. The van der Waals surface area contributed by atoms with E-state index in [9.17, 15) is 0 Å². The van der Waals surface area contributed by atoms with Crippen molar-refractivity contribution in [3.63, 3.8) is 0 Å². The lowest BCUT2D eigenvalue weighted by Gasteiger charge is -2.34. The van der Waals surface area contributed by atoms with Crippen molar-refractivity contribution in [2.24, 2.45) is 5.73 Å². The Morgan fingerprint density at radius 2 is 2.00 bits per heavy atom. The molecule has 2 nitrogen and oxygen atoms in total. The zero-order valence-electron chi connectivity index (χ0n) is 6.42. The minimum atomic E-state index is 0.473. The van der Waals surface area contributed by atoms with Gasteiger partial charge in [0, 0.05) is 25.2 Å². The SMILES string of the molecule is N[C@@H]1CCN(C2CCC2)C1. The summed E-state index contributed by atoms with van der Waals surface area (Å²) in [6, 6.07) is 1.38. The van der Waals surface area contributed by atoms with Gasteiger partial charge in [0.05, 0.1) is 0 Å². The van der Waals surface area contributed by atoms with E-state index < -0.39 is 0 Å². The summed E-state index contributed by atoms with van der Waals surface area (Å²) >= 11 is 0. The van der Waals surface area contributed by atoms with Gasteiger partial charge in [0.25, 0.3) is 0 Å². The predicted molar refractivity (Wildman–Crippen MR) is 41.8 cm³/mol. The highest BCUT2D eigenvalue weighted by Gasteiger charge is 2.29. The standard InChI is InChI=1S/C8H16N2/c9-7-4-5-10(6-7)8-2-1-3-8/h7-8H,1-6,9H2/t7-/m1/s1. The summed E-state index contributed by atoms with van der Waals surface area (Å²) in [6.07, 6.45) is 5.51. The van der Waals surface area contributed by atoms with Crippen LogP contribution in [0.1, 0.15) is 25.7 Å². The molecule has 58 valence electrons. The molecule has 2 rings (SSSR count). The van der Waals surface area contributed by atoms with Crippen LogP contribution in [0.25, 0.3) is 0 Å². The van der Waals surface area contributed by atoms with Crippen molar-refractivity contribution in [3.05, 3.63) is 0 Å². The molecule has 2 heteroatoms. The van der Waals surface area contributed by atoms with Crippen LogP contribution in [0.15, 0.2) is 0 Å². The molecule has 1 aliphatic carbocycles. The number of likely N-dealkylation sites (tertiary alicyclic amines) is 1. The first kappa shape index (κ1) is 6.62. The third-order valence-electron chi connectivity index (χ3n) is 2.85. The molecule has 1 saturated heterocycles. The van der Waals surface area contributed by atoms with Gasteiger partial charge in [0.1, 0.15) is 0 Å². The second-order valence-corrected chi connectivity index (χ2v) is 3.63. The third kappa shape index (κ3) is 1.06. The summed E-state index contributed by atoms with van der Waals surface area (Å²) in [5.74, 6) is 0. The van der Waals surface area contributed by atoms with E-state index >= 15 is 0 Å². The smallest absolute Gasteiger partial charge is 0.0180 e. The topological polar surface area (TPSA) is 29.3 Å². The lowest BCUT2D eigenvalue weighted by Crippen LogP contribution is -2.39. The van der Waals surface area contributed by atoms with E-state index in [-0.39, 0.29) is 0 Å². The van der Waals surface area contributed by atoms with Crippen molar-refractivity contribution in [2.75, 3.05) is 13.1 Å². The quantitative estimate of drug-likeness (QED) is 0.577. The lowest BCUT2D eigenvalue weighted by atomic mass is 9.92. The van der Waals surface area contributed by atoms with Gasteiger partial charge in [-0.25, -0.2) is 0 Å². The fourth-order valence-electron chi connectivity index (χ4n) is 1.90. The van der Waals surface area contributed by atoms with Gasteiger partial charge in [-0.2, -0.15) is 0 Å². The second kappa shape index (κ2) is 2.51. The van der Waals surface area contributed by atoms with Crippen molar-refractivity contribution < 1.29 is 0 Å². The van der Waals surface area contributed by atoms with Gasteiger partial charge in [0.15, 0.2) is 0 Å². The predicted octanol–water partition coefficient (Wildman–Crippen LogP) is 0.572. The number of hydrogen-bond donors (Lipinski definition) is 1. The zero-order chi connectivity index (χ0) is 6.97. The van der Waals surface area contributed by atoms with Crippen LogP contribution in [0.4, 0.5) is 0 Å². The van der Waals surface area contributed by atoms with Gasteiger partial charge in [-0.05, 0) is 19.3 Å². The number of hydrogen-bond acceptors (Lipinski definition) is 2. The Morgan fingerprint density at radius 1 is 1.20 bits per heavy atom. The summed E-state index contributed by atoms with van der Waals surface area (Å²) in [7, 11) is 0. The highest BCUT2D eigenvalue weighted by molar-refractivity contribution is 4.87. The van der Waals surface area contributed by atoms with E-state index in [0.717, 1.165) is 12.6 Å². The van der Waals surface area contributed by atoms with Crippen LogP contribution < -0.4 is 5.73 Å². The maximum atomic E-state index is 5.80. The minimum Gasteiger partial charge on any atom is -0.326 e. The minimum absolute atomic E-state index is 0.473. The van der Waals surface area contributed by atoms with E-state index in [4.69, 9.17) is 5.73 Å². The molecule has 2 aliphatic rings. The van der Waals surface area contributed by atoms with Gasteiger partial charge in [0.2, 0.25) is 0 Å². The first-order valence-electron chi connectivity index (χ1n) is 4.36. The molecule has 2 N–H and O–H groups in total. The molecule has 1 aliphatic heterocycles. The summed E-state index contributed by atoms with van der Waals surface area (Å²) in [4.78, 5) is 2.56. The van der Waals surface area contributed by atoms with Crippen molar-refractivity contribution in [1.82, 2.24) is 4.90 Å².